The molecule has 0 aromatic carbocycles. The number of aromatic nitrogens is 1. The first kappa shape index (κ1) is 21.9. The van der Waals surface area contributed by atoms with Gasteiger partial charge in [0.2, 0.25) is 5.91 Å². The number of amides is 1. The van der Waals surface area contributed by atoms with E-state index in [1.165, 1.54) is 6.42 Å². The molecule has 160 valence electrons. The number of carboxylic acid groups (broad SMARTS) is 1. The molecule has 10 heteroatoms. The summed E-state index contributed by atoms with van der Waals surface area (Å²) in [6.45, 7) is 2.50. The van der Waals surface area contributed by atoms with Gasteiger partial charge in [-0.25, -0.2) is 4.79 Å². The van der Waals surface area contributed by atoms with Crippen LogP contribution in [0.4, 0.5) is 13.2 Å². The van der Waals surface area contributed by atoms with Gasteiger partial charge in [-0.3, -0.25) is 9.78 Å². The number of hydrogen-bond acceptors (Lipinski definition) is 5. The second-order valence-electron chi connectivity index (χ2n) is 7.62. The summed E-state index contributed by atoms with van der Waals surface area (Å²) in [5, 5.41) is 7.12. The van der Waals surface area contributed by atoms with E-state index in [0.717, 1.165) is 43.7 Å². The molecule has 29 heavy (non-hydrogen) atoms. The van der Waals surface area contributed by atoms with Gasteiger partial charge in [0.25, 0.3) is 0 Å². The van der Waals surface area contributed by atoms with E-state index in [0.29, 0.717) is 24.5 Å². The molecule has 0 radical (unpaired) electrons. The Morgan fingerprint density at radius 1 is 1.34 bits per heavy atom. The SMILES string of the molecule is O=C(C1CCC1)N1CC2(CC(OCc3cccnc3)CS2)C1.O=C(O)C(F)(F)F. The fourth-order valence-electron chi connectivity index (χ4n) is 3.55. The first-order chi connectivity index (χ1) is 13.7. The highest BCUT2D eigenvalue weighted by molar-refractivity contribution is 8.01. The highest BCUT2D eigenvalue weighted by Crippen LogP contribution is 2.47. The van der Waals surface area contributed by atoms with Gasteiger partial charge < -0.3 is 14.7 Å². The van der Waals surface area contributed by atoms with E-state index in [4.69, 9.17) is 14.6 Å². The van der Waals surface area contributed by atoms with Gasteiger partial charge in [-0.1, -0.05) is 12.5 Å². The van der Waals surface area contributed by atoms with Crippen molar-refractivity contribution in [2.24, 2.45) is 5.92 Å². The molecule has 1 aromatic heterocycles. The fourth-order valence-corrected chi connectivity index (χ4v) is 5.10. The summed E-state index contributed by atoms with van der Waals surface area (Å²) >= 11 is 2.00. The molecule has 1 aromatic rings. The molecule has 3 heterocycles. The van der Waals surface area contributed by atoms with Crippen molar-refractivity contribution in [3.63, 3.8) is 0 Å². The minimum Gasteiger partial charge on any atom is -0.475 e. The van der Waals surface area contributed by atoms with Gasteiger partial charge in [-0.2, -0.15) is 13.2 Å². The number of aliphatic carboxylic acids is 1. The largest absolute Gasteiger partial charge is 0.490 e. The summed E-state index contributed by atoms with van der Waals surface area (Å²) in [5.74, 6) is -0.975. The minimum atomic E-state index is -5.08. The standard InChI is InChI=1S/C17H22N2O2S.C2HF3O2/c20-16(14-4-1-5-14)19-11-17(12-19)7-15(10-22-17)21-9-13-3-2-6-18-8-13;3-2(4,5)1(6)7/h2-3,6,8,14-15H,1,4-5,7,9-12H2;(H,6,7). The smallest absolute Gasteiger partial charge is 0.475 e. The molecule has 3 aliphatic rings. The van der Waals surface area contributed by atoms with Crippen LogP contribution in [0, 0.1) is 5.92 Å². The molecule has 4 rings (SSSR count). The van der Waals surface area contributed by atoms with Crippen molar-refractivity contribution in [1.29, 1.82) is 0 Å². The van der Waals surface area contributed by atoms with Crippen LogP contribution in [0.5, 0.6) is 0 Å². The van der Waals surface area contributed by atoms with E-state index in [2.05, 4.69) is 9.88 Å². The Morgan fingerprint density at radius 2 is 2.03 bits per heavy atom. The van der Waals surface area contributed by atoms with Gasteiger partial charge in [0, 0.05) is 37.2 Å². The number of carbonyl (C=O) groups is 2. The molecule has 1 amide bonds. The molecule has 1 N–H and O–H groups in total. The minimum absolute atomic E-state index is 0.277. The Hall–Kier alpha value is -1.81. The predicted octanol–water partition coefficient (Wildman–Crippen LogP) is 3.12. The molecule has 1 spiro atoms. The molecule has 1 atom stereocenters. The Morgan fingerprint density at radius 3 is 2.55 bits per heavy atom. The monoisotopic (exact) mass is 432 g/mol. The molecule has 1 aliphatic carbocycles. The quantitative estimate of drug-likeness (QED) is 0.788. The maximum absolute atomic E-state index is 12.2. The Bertz CT molecular complexity index is 722. The lowest BCUT2D eigenvalue weighted by atomic mass is 9.82. The number of pyridine rings is 1. The summed E-state index contributed by atoms with van der Waals surface area (Å²) in [6, 6.07) is 3.99. The summed E-state index contributed by atoms with van der Waals surface area (Å²) in [5.41, 5.74) is 1.13. The van der Waals surface area contributed by atoms with Gasteiger partial charge in [-0.05, 0) is 30.9 Å². The summed E-state index contributed by atoms with van der Waals surface area (Å²) in [7, 11) is 0. The van der Waals surface area contributed by atoms with Crippen LogP contribution in [-0.2, 0) is 20.9 Å². The van der Waals surface area contributed by atoms with E-state index in [1.807, 2.05) is 30.1 Å². The third-order valence-corrected chi connectivity index (χ3v) is 6.93. The molecule has 1 unspecified atom stereocenters. The van der Waals surface area contributed by atoms with Crippen LogP contribution in [0.2, 0.25) is 0 Å². The third kappa shape index (κ3) is 5.63. The second kappa shape index (κ2) is 8.91. The maximum atomic E-state index is 12.2. The van der Waals surface area contributed by atoms with Gasteiger partial charge >= 0.3 is 12.1 Å². The zero-order chi connectivity index (χ0) is 21.1. The number of ether oxygens (including phenoxy) is 1. The van der Waals surface area contributed by atoms with Crippen LogP contribution in [0.1, 0.15) is 31.2 Å². The molecule has 2 saturated heterocycles. The van der Waals surface area contributed by atoms with Crippen LogP contribution in [0.15, 0.2) is 24.5 Å². The molecule has 1 saturated carbocycles. The highest BCUT2D eigenvalue weighted by Gasteiger charge is 2.51. The van der Waals surface area contributed by atoms with Crippen molar-refractivity contribution in [3.05, 3.63) is 30.1 Å². The lowest BCUT2D eigenvalue weighted by molar-refractivity contribution is -0.192. The van der Waals surface area contributed by atoms with Crippen LogP contribution >= 0.6 is 11.8 Å². The second-order valence-corrected chi connectivity index (χ2v) is 9.11. The van der Waals surface area contributed by atoms with Crippen LogP contribution in [-0.4, -0.2) is 62.7 Å². The first-order valence-corrected chi connectivity index (χ1v) is 10.4. The average molecular weight is 432 g/mol. The van der Waals surface area contributed by atoms with Crippen molar-refractivity contribution in [2.75, 3.05) is 18.8 Å². The molecule has 3 fully saturated rings. The van der Waals surface area contributed by atoms with Crippen molar-refractivity contribution in [1.82, 2.24) is 9.88 Å². The topological polar surface area (TPSA) is 79.7 Å². The molecular formula is C19H23F3N2O4S. The number of alkyl halides is 3. The van der Waals surface area contributed by atoms with Gasteiger partial charge in [0.1, 0.15) is 0 Å². The van der Waals surface area contributed by atoms with E-state index in [1.54, 1.807) is 6.20 Å². The number of nitrogens with zero attached hydrogens (tertiary/aromatic N) is 2. The highest BCUT2D eigenvalue weighted by atomic mass is 32.2. The first-order valence-electron chi connectivity index (χ1n) is 9.42. The Balaban J connectivity index is 0.000000298. The predicted molar refractivity (Wildman–Crippen MR) is 100 cm³/mol. The number of carbonyl (C=O) groups excluding carboxylic acids is 1. The Kier molecular flexibility index (Phi) is 6.72. The lowest BCUT2D eigenvalue weighted by Gasteiger charge is -2.49. The maximum Gasteiger partial charge on any atom is 0.490 e. The van der Waals surface area contributed by atoms with E-state index in [9.17, 15) is 18.0 Å². The molecular weight excluding hydrogens is 409 g/mol. The van der Waals surface area contributed by atoms with Crippen molar-refractivity contribution >= 4 is 23.6 Å². The van der Waals surface area contributed by atoms with Gasteiger partial charge in [-0.15, -0.1) is 11.8 Å². The zero-order valence-corrected chi connectivity index (χ0v) is 16.5. The number of likely N-dealkylation sites (tertiary alicyclic amines) is 1. The Labute approximate surface area is 170 Å². The number of rotatable bonds is 4. The third-order valence-electron chi connectivity index (χ3n) is 5.35. The van der Waals surface area contributed by atoms with Crippen LogP contribution < -0.4 is 0 Å². The van der Waals surface area contributed by atoms with Gasteiger partial charge in [0.15, 0.2) is 0 Å². The van der Waals surface area contributed by atoms with E-state index in [-0.39, 0.29) is 4.75 Å². The normalized spacial score (nSPS) is 23.0. The fraction of sp³-hybridized carbons (Fsp3) is 0.632. The lowest BCUT2D eigenvalue weighted by Crippen LogP contribution is -2.62. The summed E-state index contributed by atoms with van der Waals surface area (Å²) in [6.07, 6.45) is 3.39. The van der Waals surface area contributed by atoms with Crippen LogP contribution in [0.3, 0.4) is 0 Å². The molecule has 2 aliphatic heterocycles. The van der Waals surface area contributed by atoms with E-state index >= 15 is 0 Å². The number of carboxylic acids is 1. The molecule has 6 nitrogen and oxygen atoms in total. The summed E-state index contributed by atoms with van der Waals surface area (Å²) < 4.78 is 38.0. The van der Waals surface area contributed by atoms with Crippen LogP contribution in [0.25, 0.3) is 0 Å². The number of thioether (sulfide) groups is 1. The molecule has 0 bridgehead atoms. The number of halogens is 3. The zero-order valence-electron chi connectivity index (χ0n) is 15.7. The van der Waals surface area contributed by atoms with E-state index < -0.39 is 12.1 Å². The number of hydrogen-bond donors (Lipinski definition) is 1. The van der Waals surface area contributed by atoms with Gasteiger partial charge in [0.05, 0.1) is 17.5 Å². The average Bonchev–Trinajstić information content (AvgIpc) is 3.02. The summed E-state index contributed by atoms with van der Waals surface area (Å²) in [4.78, 5) is 27.3. The van der Waals surface area contributed by atoms with Crippen molar-refractivity contribution < 1.29 is 32.6 Å². The van der Waals surface area contributed by atoms with Crippen molar-refractivity contribution in [2.45, 2.75) is 49.3 Å². The van der Waals surface area contributed by atoms with Crippen molar-refractivity contribution in [3.8, 4) is 0 Å².